The van der Waals surface area contributed by atoms with Crippen molar-refractivity contribution in [2.24, 2.45) is 0 Å². The predicted molar refractivity (Wildman–Crippen MR) is 48.9 cm³/mol. The first-order chi connectivity index (χ1) is 6.24. The quantitative estimate of drug-likeness (QED) is 0.762. The number of aromatic nitrogens is 1. The number of rotatable bonds is 3. The summed E-state index contributed by atoms with van der Waals surface area (Å²) in [5.74, 6) is -0.197. The van der Waals surface area contributed by atoms with E-state index >= 15 is 0 Å². The zero-order valence-electron chi connectivity index (χ0n) is 7.68. The zero-order valence-corrected chi connectivity index (χ0v) is 7.68. The van der Waals surface area contributed by atoms with Crippen LogP contribution in [0.5, 0.6) is 0 Å². The molecule has 0 radical (unpaired) electrons. The molecular weight excluding hydrogens is 167 g/mol. The Kier molecular flexibility index (Phi) is 2.04. The van der Waals surface area contributed by atoms with Crippen LogP contribution in [0.2, 0.25) is 0 Å². The van der Waals surface area contributed by atoms with Crippen LogP contribution in [0, 0.1) is 5.82 Å². The third kappa shape index (κ3) is 1.86. The summed E-state index contributed by atoms with van der Waals surface area (Å²) in [5, 5.41) is 3.26. The van der Waals surface area contributed by atoms with Crippen LogP contribution in [-0.2, 0) is 6.42 Å². The minimum Gasteiger partial charge on any atom is -0.314 e. The number of hydrogen-bond acceptors (Lipinski definition) is 2. The molecular formula is C10H13FN2. The van der Waals surface area contributed by atoms with Crippen molar-refractivity contribution in [1.82, 2.24) is 10.3 Å². The molecule has 1 aliphatic carbocycles. The van der Waals surface area contributed by atoms with E-state index in [4.69, 9.17) is 0 Å². The molecule has 0 aromatic carbocycles. The number of hydrogen-bond donors (Lipinski definition) is 1. The first kappa shape index (κ1) is 8.63. The lowest BCUT2D eigenvalue weighted by atomic mass is 10.1. The number of nitrogens with one attached hydrogen (secondary N) is 1. The maximum absolute atomic E-state index is 12.8. The Labute approximate surface area is 77.2 Å². The summed E-state index contributed by atoms with van der Waals surface area (Å²) >= 11 is 0. The second-order valence-corrected chi connectivity index (χ2v) is 3.67. The molecule has 1 fully saturated rings. The lowest BCUT2D eigenvalue weighted by Gasteiger charge is -2.12. The van der Waals surface area contributed by atoms with Gasteiger partial charge in [0.15, 0.2) is 0 Å². The molecule has 0 aliphatic heterocycles. The minimum atomic E-state index is -0.197. The average Bonchev–Trinajstić information content (AvgIpc) is 2.86. The van der Waals surface area contributed by atoms with E-state index in [1.807, 2.05) is 7.05 Å². The van der Waals surface area contributed by atoms with Gasteiger partial charge in [0.1, 0.15) is 5.82 Å². The van der Waals surface area contributed by atoms with Crippen molar-refractivity contribution in [3.63, 3.8) is 0 Å². The molecule has 0 atom stereocenters. The Morgan fingerprint density at radius 3 is 2.92 bits per heavy atom. The van der Waals surface area contributed by atoms with Gasteiger partial charge in [-0.1, -0.05) is 0 Å². The van der Waals surface area contributed by atoms with Crippen LogP contribution < -0.4 is 5.32 Å². The van der Waals surface area contributed by atoms with E-state index in [9.17, 15) is 4.39 Å². The highest BCUT2D eigenvalue weighted by atomic mass is 19.1. The maximum atomic E-state index is 12.8. The summed E-state index contributed by atoms with van der Waals surface area (Å²) in [7, 11) is 1.95. The molecule has 3 heteroatoms. The average molecular weight is 180 g/mol. The van der Waals surface area contributed by atoms with Gasteiger partial charge < -0.3 is 5.32 Å². The van der Waals surface area contributed by atoms with Gasteiger partial charge in [0.05, 0.1) is 0 Å². The molecule has 0 spiro atoms. The maximum Gasteiger partial charge on any atom is 0.126 e. The number of nitrogens with zero attached hydrogens (tertiary/aromatic N) is 1. The van der Waals surface area contributed by atoms with E-state index in [0.717, 1.165) is 12.1 Å². The highest BCUT2D eigenvalue weighted by Crippen LogP contribution is 2.37. The Balaban J connectivity index is 2.09. The van der Waals surface area contributed by atoms with Crippen molar-refractivity contribution in [2.45, 2.75) is 24.8 Å². The monoisotopic (exact) mass is 180 g/mol. The van der Waals surface area contributed by atoms with Gasteiger partial charge in [-0.25, -0.2) is 4.39 Å². The molecule has 1 N–H and O–H groups in total. The SMILES string of the molecule is CNC1(Cc2cc(F)ccn2)CC1. The molecule has 1 aromatic heterocycles. The molecule has 0 saturated heterocycles. The predicted octanol–water partition coefficient (Wildman–Crippen LogP) is 1.52. The third-order valence-corrected chi connectivity index (χ3v) is 2.68. The lowest BCUT2D eigenvalue weighted by Crippen LogP contribution is -2.29. The van der Waals surface area contributed by atoms with Crippen molar-refractivity contribution in [1.29, 1.82) is 0 Å². The summed E-state index contributed by atoms with van der Waals surface area (Å²) in [4.78, 5) is 4.13. The van der Waals surface area contributed by atoms with Crippen LogP contribution >= 0.6 is 0 Å². The molecule has 1 aromatic rings. The van der Waals surface area contributed by atoms with Gasteiger partial charge >= 0.3 is 0 Å². The molecule has 1 saturated carbocycles. The highest BCUT2D eigenvalue weighted by molar-refractivity contribution is 5.14. The fraction of sp³-hybridized carbons (Fsp3) is 0.500. The minimum absolute atomic E-state index is 0.197. The zero-order chi connectivity index (χ0) is 9.31. The topological polar surface area (TPSA) is 24.9 Å². The van der Waals surface area contributed by atoms with Gasteiger partial charge in [-0.15, -0.1) is 0 Å². The van der Waals surface area contributed by atoms with Crippen molar-refractivity contribution in [2.75, 3.05) is 7.05 Å². The molecule has 0 bridgehead atoms. The second-order valence-electron chi connectivity index (χ2n) is 3.67. The van der Waals surface area contributed by atoms with E-state index in [2.05, 4.69) is 10.3 Å². The van der Waals surface area contributed by atoms with E-state index in [1.54, 1.807) is 0 Å². The van der Waals surface area contributed by atoms with Gasteiger partial charge in [-0.05, 0) is 32.0 Å². The van der Waals surface area contributed by atoms with Crippen LogP contribution in [0.25, 0.3) is 0 Å². The molecule has 2 nitrogen and oxygen atoms in total. The van der Waals surface area contributed by atoms with Crippen LogP contribution in [0.15, 0.2) is 18.3 Å². The molecule has 0 unspecified atom stereocenters. The summed E-state index contributed by atoms with van der Waals surface area (Å²) in [5.41, 5.74) is 1.05. The molecule has 0 amide bonds. The van der Waals surface area contributed by atoms with Crippen LogP contribution in [0.4, 0.5) is 4.39 Å². The molecule has 2 rings (SSSR count). The largest absolute Gasteiger partial charge is 0.314 e. The van der Waals surface area contributed by atoms with Gasteiger partial charge in [0.2, 0.25) is 0 Å². The first-order valence-corrected chi connectivity index (χ1v) is 4.53. The summed E-state index contributed by atoms with van der Waals surface area (Å²) in [6.07, 6.45) is 4.70. The molecule has 70 valence electrons. The number of pyridine rings is 1. The van der Waals surface area contributed by atoms with E-state index in [0.29, 0.717) is 0 Å². The van der Waals surface area contributed by atoms with E-state index in [-0.39, 0.29) is 11.4 Å². The smallest absolute Gasteiger partial charge is 0.126 e. The summed E-state index contributed by atoms with van der Waals surface area (Å²) in [6, 6.07) is 2.89. The lowest BCUT2D eigenvalue weighted by molar-refractivity contribution is 0.537. The van der Waals surface area contributed by atoms with Crippen LogP contribution in [0.1, 0.15) is 18.5 Å². The fourth-order valence-corrected chi connectivity index (χ4v) is 1.56. The summed E-state index contributed by atoms with van der Waals surface area (Å²) in [6.45, 7) is 0. The van der Waals surface area contributed by atoms with Crippen LogP contribution in [0.3, 0.4) is 0 Å². The fourth-order valence-electron chi connectivity index (χ4n) is 1.56. The van der Waals surface area contributed by atoms with Crippen molar-refractivity contribution < 1.29 is 4.39 Å². The Morgan fingerprint density at radius 2 is 2.38 bits per heavy atom. The van der Waals surface area contributed by atoms with Crippen molar-refractivity contribution in [3.8, 4) is 0 Å². The van der Waals surface area contributed by atoms with Gasteiger partial charge in [0, 0.05) is 23.9 Å². The molecule has 1 aliphatic rings. The summed E-state index contributed by atoms with van der Waals surface area (Å²) < 4.78 is 12.8. The van der Waals surface area contributed by atoms with Gasteiger partial charge in [-0.2, -0.15) is 0 Å². The normalized spacial score (nSPS) is 18.6. The van der Waals surface area contributed by atoms with Crippen LogP contribution in [-0.4, -0.2) is 17.6 Å². The van der Waals surface area contributed by atoms with Gasteiger partial charge in [0.25, 0.3) is 0 Å². The molecule has 13 heavy (non-hydrogen) atoms. The van der Waals surface area contributed by atoms with E-state index in [1.165, 1.54) is 31.2 Å². The Morgan fingerprint density at radius 1 is 1.62 bits per heavy atom. The molecule has 1 heterocycles. The van der Waals surface area contributed by atoms with E-state index < -0.39 is 0 Å². The van der Waals surface area contributed by atoms with Crippen molar-refractivity contribution in [3.05, 3.63) is 29.8 Å². The standard InChI is InChI=1S/C10H13FN2/c1-12-10(3-4-10)7-9-6-8(11)2-5-13-9/h2,5-6,12H,3-4,7H2,1H3. The Bertz CT molecular complexity index is 308. The first-order valence-electron chi connectivity index (χ1n) is 4.53. The Hall–Kier alpha value is -0.960. The number of halogens is 1. The second kappa shape index (κ2) is 3.07. The van der Waals surface area contributed by atoms with Gasteiger partial charge in [-0.3, -0.25) is 4.98 Å². The highest BCUT2D eigenvalue weighted by Gasteiger charge is 2.41. The van der Waals surface area contributed by atoms with Crippen molar-refractivity contribution >= 4 is 0 Å². The third-order valence-electron chi connectivity index (χ3n) is 2.68. The number of likely N-dealkylation sites (N-methyl/N-ethyl adjacent to an activating group) is 1.